The average molecular weight is 572 g/mol. The number of carbonyl (C=O) groups is 1. The monoisotopic (exact) mass is 570 g/mol. The molecular formula is C29H35BrN2O3S. The van der Waals surface area contributed by atoms with Crippen LogP contribution in [0.15, 0.2) is 70.0 Å². The zero-order chi connectivity index (χ0) is 26.6. The van der Waals surface area contributed by atoms with Crippen molar-refractivity contribution >= 4 is 43.2 Å². The van der Waals surface area contributed by atoms with Crippen LogP contribution in [0.4, 0.5) is 11.4 Å². The lowest BCUT2D eigenvalue weighted by atomic mass is 9.92. The summed E-state index contributed by atoms with van der Waals surface area (Å²) in [6.07, 6.45) is 0.0205. The Bertz CT molecular complexity index is 1310. The third-order valence-corrected chi connectivity index (χ3v) is 8.73. The van der Waals surface area contributed by atoms with Gasteiger partial charge in [-0.15, -0.1) is 0 Å². The molecule has 192 valence electrons. The average Bonchev–Trinajstić information content (AvgIpc) is 2.81. The third kappa shape index (κ3) is 6.37. The molecule has 0 spiro atoms. The normalized spacial score (nSPS) is 11.7. The molecule has 0 unspecified atom stereocenters. The number of hydrogen-bond donors (Lipinski definition) is 1. The van der Waals surface area contributed by atoms with Crippen molar-refractivity contribution in [1.82, 2.24) is 0 Å². The number of rotatable bonds is 9. The van der Waals surface area contributed by atoms with E-state index in [1.165, 1.54) is 4.31 Å². The van der Waals surface area contributed by atoms with Crippen molar-refractivity contribution in [2.24, 2.45) is 0 Å². The fraction of sp³-hybridized carbons (Fsp3) is 0.345. The van der Waals surface area contributed by atoms with Gasteiger partial charge in [0.2, 0.25) is 5.91 Å². The molecule has 0 aliphatic carbocycles. The maximum Gasteiger partial charge on any atom is 0.264 e. The largest absolute Gasteiger partial charge is 0.326 e. The molecule has 1 N–H and O–H groups in total. The van der Waals surface area contributed by atoms with Crippen LogP contribution in [0.3, 0.4) is 0 Å². The highest BCUT2D eigenvalue weighted by molar-refractivity contribution is 9.10. The SMILES string of the molecule is Cc1ccc(N(CCC(=O)Nc2c(C(C)C)cccc2C(C)C)S(=O)(=O)c2ccc(Br)cc2)cc1C. The van der Waals surface area contributed by atoms with Gasteiger partial charge >= 0.3 is 0 Å². The summed E-state index contributed by atoms with van der Waals surface area (Å²) in [5.74, 6) is 0.262. The Hall–Kier alpha value is -2.64. The first-order chi connectivity index (χ1) is 16.9. The van der Waals surface area contributed by atoms with E-state index in [1.54, 1.807) is 30.3 Å². The highest BCUT2D eigenvalue weighted by Crippen LogP contribution is 2.33. The third-order valence-electron chi connectivity index (χ3n) is 6.36. The van der Waals surface area contributed by atoms with E-state index in [0.29, 0.717) is 5.69 Å². The van der Waals surface area contributed by atoms with E-state index >= 15 is 0 Å². The molecule has 0 saturated heterocycles. The lowest BCUT2D eigenvalue weighted by Gasteiger charge is -2.26. The summed E-state index contributed by atoms with van der Waals surface area (Å²) in [4.78, 5) is 13.4. The molecule has 0 saturated carbocycles. The first kappa shape index (κ1) is 27.9. The molecule has 0 heterocycles. The first-order valence-electron chi connectivity index (χ1n) is 12.2. The Kier molecular flexibility index (Phi) is 9.01. The van der Waals surface area contributed by atoms with Crippen LogP contribution in [0.1, 0.15) is 68.2 Å². The Morgan fingerprint density at radius 2 is 1.47 bits per heavy atom. The van der Waals surface area contributed by atoms with E-state index < -0.39 is 10.0 Å². The molecule has 7 heteroatoms. The van der Waals surface area contributed by atoms with Gasteiger partial charge in [-0.1, -0.05) is 67.9 Å². The minimum atomic E-state index is -3.88. The summed E-state index contributed by atoms with van der Waals surface area (Å²) >= 11 is 3.36. The van der Waals surface area contributed by atoms with Gasteiger partial charge in [0.1, 0.15) is 0 Å². The molecular weight excluding hydrogens is 536 g/mol. The van der Waals surface area contributed by atoms with Crippen LogP contribution in [0, 0.1) is 13.8 Å². The van der Waals surface area contributed by atoms with Crippen molar-refractivity contribution in [3.63, 3.8) is 0 Å². The fourth-order valence-corrected chi connectivity index (χ4v) is 5.82. The maximum atomic E-state index is 13.7. The number of benzene rings is 3. The van der Waals surface area contributed by atoms with E-state index in [-0.39, 0.29) is 35.6 Å². The smallest absolute Gasteiger partial charge is 0.264 e. The summed E-state index contributed by atoms with van der Waals surface area (Å²) in [6.45, 7) is 12.4. The summed E-state index contributed by atoms with van der Waals surface area (Å²) in [6, 6.07) is 18.2. The summed E-state index contributed by atoms with van der Waals surface area (Å²) in [7, 11) is -3.88. The molecule has 3 rings (SSSR count). The van der Waals surface area contributed by atoms with Gasteiger partial charge in [-0.3, -0.25) is 9.10 Å². The standard InChI is InChI=1S/C29H35BrN2O3S/c1-19(2)26-8-7-9-27(20(3)4)29(26)31-28(33)16-17-32(24-13-10-21(5)22(6)18-24)36(34,35)25-14-11-23(30)12-15-25/h7-15,18-20H,16-17H2,1-6H3,(H,31,33). The Labute approximate surface area is 224 Å². The van der Waals surface area contributed by atoms with Crippen molar-refractivity contribution < 1.29 is 13.2 Å². The zero-order valence-corrected chi connectivity index (χ0v) is 24.2. The molecule has 0 bridgehead atoms. The Balaban J connectivity index is 1.93. The van der Waals surface area contributed by atoms with E-state index in [2.05, 4.69) is 48.9 Å². The predicted octanol–water partition coefficient (Wildman–Crippen LogP) is 7.54. The van der Waals surface area contributed by atoms with Crippen LogP contribution in [0.5, 0.6) is 0 Å². The maximum absolute atomic E-state index is 13.7. The van der Waals surface area contributed by atoms with Gasteiger partial charge in [0.05, 0.1) is 10.6 Å². The number of anilines is 2. The van der Waals surface area contributed by atoms with Crippen LogP contribution < -0.4 is 9.62 Å². The van der Waals surface area contributed by atoms with Gasteiger partial charge < -0.3 is 5.32 Å². The van der Waals surface area contributed by atoms with Crippen LogP contribution >= 0.6 is 15.9 Å². The van der Waals surface area contributed by atoms with Gasteiger partial charge in [0.15, 0.2) is 0 Å². The van der Waals surface area contributed by atoms with E-state index in [4.69, 9.17) is 0 Å². The van der Waals surface area contributed by atoms with Crippen LogP contribution in [-0.2, 0) is 14.8 Å². The van der Waals surface area contributed by atoms with Gasteiger partial charge in [0.25, 0.3) is 10.0 Å². The van der Waals surface area contributed by atoms with Crippen molar-refractivity contribution in [3.05, 3.63) is 87.4 Å². The number of para-hydroxylation sites is 1. The highest BCUT2D eigenvalue weighted by atomic mass is 79.9. The predicted molar refractivity (Wildman–Crippen MR) is 152 cm³/mol. The number of sulfonamides is 1. The van der Waals surface area contributed by atoms with Crippen LogP contribution in [0.25, 0.3) is 0 Å². The number of aryl methyl sites for hydroxylation is 2. The molecule has 3 aromatic carbocycles. The number of hydrogen-bond acceptors (Lipinski definition) is 3. The van der Waals surface area contributed by atoms with Gasteiger partial charge in [-0.25, -0.2) is 8.42 Å². The van der Waals surface area contributed by atoms with Crippen LogP contribution in [0.2, 0.25) is 0 Å². The van der Waals surface area contributed by atoms with Gasteiger partial charge in [-0.2, -0.15) is 0 Å². The number of halogens is 1. The molecule has 0 fully saturated rings. The molecule has 0 aliphatic heterocycles. The minimum absolute atomic E-state index is 0.0205. The lowest BCUT2D eigenvalue weighted by molar-refractivity contribution is -0.116. The summed E-state index contributed by atoms with van der Waals surface area (Å²) < 4.78 is 29.5. The van der Waals surface area contributed by atoms with Crippen molar-refractivity contribution in [2.45, 2.75) is 64.7 Å². The van der Waals surface area contributed by atoms with Crippen molar-refractivity contribution in [2.75, 3.05) is 16.2 Å². The lowest BCUT2D eigenvalue weighted by Crippen LogP contribution is -2.34. The molecule has 1 amide bonds. The highest BCUT2D eigenvalue weighted by Gasteiger charge is 2.26. The number of nitrogens with zero attached hydrogens (tertiary/aromatic N) is 1. The van der Waals surface area contributed by atoms with Crippen molar-refractivity contribution in [3.8, 4) is 0 Å². The fourth-order valence-electron chi connectivity index (χ4n) is 4.10. The number of nitrogens with one attached hydrogen (secondary N) is 1. The Morgan fingerprint density at radius 1 is 0.889 bits per heavy atom. The zero-order valence-electron chi connectivity index (χ0n) is 21.8. The van der Waals surface area contributed by atoms with Gasteiger partial charge in [0, 0.05) is 23.1 Å². The number of amides is 1. The minimum Gasteiger partial charge on any atom is -0.326 e. The number of carbonyl (C=O) groups excluding carboxylic acids is 1. The summed E-state index contributed by atoms with van der Waals surface area (Å²) in [5, 5.41) is 3.10. The first-order valence-corrected chi connectivity index (χ1v) is 14.4. The topological polar surface area (TPSA) is 66.5 Å². The summed E-state index contributed by atoms with van der Waals surface area (Å²) in [5.41, 5.74) is 5.58. The van der Waals surface area contributed by atoms with Crippen LogP contribution in [-0.4, -0.2) is 20.9 Å². The molecule has 3 aromatic rings. The molecule has 0 aliphatic rings. The van der Waals surface area contributed by atoms with E-state index in [9.17, 15) is 13.2 Å². The molecule has 5 nitrogen and oxygen atoms in total. The quantitative estimate of drug-likeness (QED) is 0.289. The molecule has 0 radical (unpaired) electrons. The molecule has 0 atom stereocenters. The van der Waals surface area contributed by atoms with Crippen molar-refractivity contribution in [1.29, 1.82) is 0 Å². The second-order valence-corrected chi connectivity index (χ2v) is 12.5. The molecule has 36 heavy (non-hydrogen) atoms. The molecule has 0 aromatic heterocycles. The second kappa shape index (κ2) is 11.6. The van der Waals surface area contributed by atoms with E-state index in [1.807, 2.05) is 44.2 Å². The second-order valence-electron chi connectivity index (χ2n) is 9.72. The Morgan fingerprint density at radius 3 is 2.00 bits per heavy atom. The van der Waals surface area contributed by atoms with E-state index in [0.717, 1.165) is 32.4 Å². The van der Waals surface area contributed by atoms with Gasteiger partial charge in [-0.05, 0) is 84.3 Å².